The van der Waals surface area contributed by atoms with Crippen LogP contribution in [0.2, 0.25) is 0 Å². The van der Waals surface area contributed by atoms with Crippen molar-refractivity contribution in [2.75, 3.05) is 13.6 Å². The Bertz CT molecular complexity index is 1130. The summed E-state index contributed by atoms with van der Waals surface area (Å²) in [6.45, 7) is 1.76. The highest BCUT2D eigenvalue weighted by Gasteiger charge is 2.21. The number of aryl methyl sites for hydroxylation is 1. The van der Waals surface area contributed by atoms with E-state index in [1.165, 1.54) is 24.0 Å². The van der Waals surface area contributed by atoms with Gasteiger partial charge in [0.25, 0.3) is 11.6 Å². The Hall–Kier alpha value is -3.62. The molecule has 0 atom stereocenters. The van der Waals surface area contributed by atoms with Crippen LogP contribution in [0.25, 0.3) is 11.3 Å². The standard InChI is InChI=1S/C23H24F2N4O3/c1-15-20(25)12-17(13-22(15)29(31)32)23(30)28(2)10-5-3-4-9-19-14-21(27-26-19)16-7-6-8-18(24)11-16/h6-8,11-14H,3-5,9-10H2,1-2H3,(H,26,27). The minimum Gasteiger partial charge on any atom is -0.342 e. The Morgan fingerprint density at radius 2 is 1.94 bits per heavy atom. The van der Waals surface area contributed by atoms with E-state index in [0.29, 0.717) is 17.8 Å². The quantitative estimate of drug-likeness (QED) is 0.285. The lowest BCUT2D eigenvalue weighted by atomic mass is 10.1. The molecule has 168 valence electrons. The van der Waals surface area contributed by atoms with E-state index in [1.807, 2.05) is 6.07 Å². The molecular formula is C23H24F2N4O3. The Balaban J connectivity index is 1.47. The number of rotatable bonds is 9. The van der Waals surface area contributed by atoms with E-state index in [0.717, 1.165) is 43.5 Å². The van der Waals surface area contributed by atoms with Crippen LogP contribution in [0.3, 0.4) is 0 Å². The Kier molecular flexibility index (Phi) is 7.29. The topological polar surface area (TPSA) is 92.1 Å². The van der Waals surface area contributed by atoms with Crippen molar-refractivity contribution >= 4 is 11.6 Å². The molecule has 1 heterocycles. The van der Waals surface area contributed by atoms with Crippen molar-refractivity contribution in [1.29, 1.82) is 0 Å². The van der Waals surface area contributed by atoms with Crippen LogP contribution < -0.4 is 0 Å². The average molecular weight is 442 g/mol. The summed E-state index contributed by atoms with van der Waals surface area (Å²) in [7, 11) is 1.59. The van der Waals surface area contributed by atoms with E-state index in [4.69, 9.17) is 0 Å². The highest BCUT2D eigenvalue weighted by atomic mass is 19.1. The van der Waals surface area contributed by atoms with E-state index in [1.54, 1.807) is 19.2 Å². The number of hydrogen-bond donors (Lipinski definition) is 1. The van der Waals surface area contributed by atoms with Crippen LogP contribution >= 0.6 is 0 Å². The summed E-state index contributed by atoms with van der Waals surface area (Å²) in [5, 5.41) is 18.2. The van der Waals surface area contributed by atoms with Crippen molar-refractivity contribution in [3.8, 4) is 11.3 Å². The first-order valence-corrected chi connectivity index (χ1v) is 10.3. The molecule has 0 aliphatic carbocycles. The molecule has 0 radical (unpaired) electrons. The van der Waals surface area contributed by atoms with Crippen molar-refractivity contribution in [2.24, 2.45) is 0 Å². The molecule has 0 saturated heterocycles. The zero-order chi connectivity index (χ0) is 23.3. The lowest BCUT2D eigenvalue weighted by molar-refractivity contribution is -0.385. The van der Waals surface area contributed by atoms with Gasteiger partial charge in [-0.15, -0.1) is 0 Å². The Morgan fingerprint density at radius 1 is 1.16 bits per heavy atom. The number of carbonyl (C=O) groups excluding carboxylic acids is 1. The molecule has 3 rings (SSSR count). The highest BCUT2D eigenvalue weighted by Crippen LogP contribution is 2.24. The second kappa shape index (κ2) is 10.1. The fourth-order valence-corrected chi connectivity index (χ4v) is 3.43. The molecule has 3 aromatic rings. The average Bonchev–Trinajstić information content (AvgIpc) is 3.23. The molecule has 0 saturated carbocycles. The van der Waals surface area contributed by atoms with Gasteiger partial charge in [0.15, 0.2) is 0 Å². The smallest absolute Gasteiger partial charge is 0.276 e. The minimum atomic E-state index is -0.770. The maximum absolute atomic E-state index is 14.0. The molecule has 1 N–H and O–H groups in total. The first-order chi connectivity index (χ1) is 15.3. The van der Waals surface area contributed by atoms with Crippen LogP contribution in [-0.2, 0) is 6.42 Å². The number of H-pyrrole nitrogens is 1. The van der Waals surface area contributed by atoms with Gasteiger partial charge in [-0.25, -0.2) is 8.78 Å². The fraction of sp³-hybridized carbons (Fsp3) is 0.304. The van der Waals surface area contributed by atoms with Crippen LogP contribution in [0, 0.1) is 28.7 Å². The zero-order valence-corrected chi connectivity index (χ0v) is 17.9. The SMILES string of the molecule is Cc1c(F)cc(C(=O)N(C)CCCCCc2cc(-c3cccc(F)c3)n[nH]2)cc1[N+](=O)[O-]. The van der Waals surface area contributed by atoms with Gasteiger partial charge in [0.05, 0.1) is 16.2 Å². The molecule has 0 bridgehead atoms. The number of aromatic amines is 1. The highest BCUT2D eigenvalue weighted by molar-refractivity contribution is 5.94. The van der Waals surface area contributed by atoms with E-state index < -0.39 is 22.3 Å². The van der Waals surface area contributed by atoms with E-state index in [9.17, 15) is 23.7 Å². The van der Waals surface area contributed by atoms with Crippen molar-refractivity contribution in [3.63, 3.8) is 0 Å². The number of nitrogens with one attached hydrogen (secondary N) is 1. The van der Waals surface area contributed by atoms with E-state index in [-0.39, 0.29) is 16.9 Å². The van der Waals surface area contributed by atoms with Crippen molar-refractivity contribution < 1.29 is 18.5 Å². The molecular weight excluding hydrogens is 418 g/mol. The Labute approximate surface area is 184 Å². The first-order valence-electron chi connectivity index (χ1n) is 10.3. The number of nitro groups is 1. The summed E-state index contributed by atoms with van der Waals surface area (Å²) >= 11 is 0. The van der Waals surface area contributed by atoms with Crippen LogP contribution in [0.15, 0.2) is 42.5 Å². The van der Waals surface area contributed by atoms with Crippen LogP contribution in [-0.4, -0.2) is 39.5 Å². The van der Waals surface area contributed by atoms with Crippen molar-refractivity contribution in [1.82, 2.24) is 15.1 Å². The summed E-state index contributed by atoms with van der Waals surface area (Å²) < 4.78 is 27.3. The summed E-state index contributed by atoms with van der Waals surface area (Å²) in [6.07, 6.45) is 3.19. The van der Waals surface area contributed by atoms with Gasteiger partial charge in [0.2, 0.25) is 0 Å². The number of amides is 1. The molecule has 32 heavy (non-hydrogen) atoms. The van der Waals surface area contributed by atoms with Gasteiger partial charge in [-0.1, -0.05) is 18.6 Å². The van der Waals surface area contributed by atoms with Crippen molar-refractivity contribution in [3.05, 3.63) is 81.0 Å². The minimum absolute atomic E-state index is 0.0374. The molecule has 0 aliphatic rings. The van der Waals surface area contributed by atoms with Gasteiger partial charge in [-0.05, 0) is 50.5 Å². The molecule has 0 unspecified atom stereocenters. The maximum atomic E-state index is 14.0. The van der Waals surface area contributed by atoms with Crippen molar-refractivity contribution in [2.45, 2.75) is 32.6 Å². The molecule has 1 amide bonds. The van der Waals surface area contributed by atoms with Crippen LogP contribution in [0.4, 0.5) is 14.5 Å². The number of unbranched alkanes of at least 4 members (excludes halogenated alkanes) is 2. The Morgan fingerprint density at radius 3 is 2.66 bits per heavy atom. The van der Waals surface area contributed by atoms with Gasteiger partial charge in [0, 0.05) is 36.5 Å². The molecule has 0 fully saturated rings. The molecule has 7 nitrogen and oxygen atoms in total. The fourth-order valence-electron chi connectivity index (χ4n) is 3.43. The van der Waals surface area contributed by atoms with Crippen LogP contribution in [0.5, 0.6) is 0 Å². The summed E-state index contributed by atoms with van der Waals surface area (Å²) in [4.78, 5) is 24.3. The summed E-state index contributed by atoms with van der Waals surface area (Å²) in [5.74, 6) is -1.54. The predicted octanol–water partition coefficient (Wildman–Crippen LogP) is 5.06. The molecule has 0 spiro atoms. The third kappa shape index (κ3) is 5.54. The molecule has 2 aromatic carbocycles. The number of nitro benzene ring substituents is 1. The number of carbonyl (C=O) groups is 1. The monoisotopic (exact) mass is 442 g/mol. The predicted molar refractivity (Wildman–Crippen MR) is 116 cm³/mol. The van der Waals surface area contributed by atoms with E-state index in [2.05, 4.69) is 10.2 Å². The normalized spacial score (nSPS) is 10.9. The van der Waals surface area contributed by atoms with Gasteiger partial charge >= 0.3 is 0 Å². The van der Waals surface area contributed by atoms with Crippen LogP contribution in [0.1, 0.15) is 40.9 Å². The summed E-state index contributed by atoms with van der Waals surface area (Å²) in [5.41, 5.74) is 1.80. The number of benzene rings is 2. The first kappa shape index (κ1) is 23.1. The lowest BCUT2D eigenvalue weighted by Gasteiger charge is -2.17. The second-order valence-electron chi connectivity index (χ2n) is 7.69. The number of aromatic nitrogens is 2. The number of hydrogen-bond acceptors (Lipinski definition) is 4. The number of nitrogens with zero attached hydrogens (tertiary/aromatic N) is 3. The van der Waals surface area contributed by atoms with Gasteiger partial charge < -0.3 is 4.90 Å². The maximum Gasteiger partial charge on any atom is 0.276 e. The second-order valence-corrected chi connectivity index (χ2v) is 7.69. The van der Waals surface area contributed by atoms with Gasteiger partial charge in [-0.2, -0.15) is 5.10 Å². The third-order valence-corrected chi connectivity index (χ3v) is 5.30. The lowest BCUT2D eigenvalue weighted by Crippen LogP contribution is -2.28. The third-order valence-electron chi connectivity index (χ3n) is 5.30. The van der Waals surface area contributed by atoms with Gasteiger partial charge in [0.1, 0.15) is 11.6 Å². The summed E-state index contributed by atoms with van der Waals surface area (Å²) in [6, 6.07) is 10.3. The van der Waals surface area contributed by atoms with E-state index >= 15 is 0 Å². The molecule has 9 heteroatoms. The van der Waals surface area contributed by atoms with Gasteiger partial charge in [-0.3, -0.25) is 20.0 Å². The molecule has 0 aliphatic heterocycles. The molecule has 1 aromatic heterocycles. The zero-order valence-electron chi connectivity index (χ0n) is 17.9. The largest absolute Gasteiger partial charge is 0.342 e. The number of halogens is 2.